The van der Waals surface area contributed by atoms with Crippen molar-refractivity contribution >= 4 is 16.3 Å². The quantitative estimate of drug-likeness (QED) is 0.687. The van der Waals surface area contributed by atoms with E-state index in [2.05, 4.69) is 11.1 Å². The number of para-hydroxylation sites is 1. The number of rotatable bonds is 4. The molecule has 0 bridgehead atoms. The van der Waals surface area contributed by atoms with Crippen LogP contribution in [-0.4, -0.2) is 21.3 Å². The maximum absolute atomic E-state index is 11.5. The van der Waals surface area contributed by atoms with Gasteiger partial charge in [0.1, 0.15) is 12.7 Å². The Labute approximate surface area is 135 Å². The Morgan fingerprint density at radius 1 is 1.48 bits per heavy atom. The molecule has 2 heterocycles. The molecule has 2 aromatic rings. The van der Waals surface area contributed by atoms with Crippen LogP contribution >= 0.6 is 0 Å². The van der Waals surface area contributed by atoms with Gasteiger partial charge >= 0.3 is 0 Å². The molecule has 2 atom stereocenters. The molecule has 1 N–H and O–H groups in total. The van der Waals surface area contributed by atoms with Crippen molar-refractivity contribution in [2.45, 2.75) is 11.9 Å². The zero-order valence-electron chi connectivity index (χ0n) is 12.1. The highest BCUT2D eigenvalue weighted by molar-refractivity contribution is 7.97. The molecule has 0 amide bonds. The largest absolute Gasteiger partial charge is 0.484 e. The Morgan fingerprint density at radius 3 is 3.13 bits per heavy atom. The third kappa shape index (κ3) is 3.22. The predicted octanol–water partition coefficient (Wildman–Crippen LogP) is 2.32. The molecule has 0 saturated carbocycles. The molecule has 7 heteroatoms. The second-order valence-electron chi connectivity index (χ2n) is 4.93. The summed E-state index contributed by atoms with van der Waals surface area (Å²) in [5.74, 6) is 1.22. The monoisotopic (exact) mass is 327 g/mol. The minimum atomic E-state index is -1.34. The summed E-state index contributed by atoms with van der Waals surface area (Å²) in [6, 6.07) is 9.10. The average Bonchev–Trinajstić information content (AvgIpc) is 2.60. The number of hydrogen-bond acceptors (Lipinski definition) is 6. The summed E-state index contributed by atoms with van der Waals surface area (Å²) in [4.78, 5) is 4.14. The Kier molecular flexibility index (Phi) is 4.35. The lowest BCUT2D eigenvalue weighted by Gasteiger charge is -2.27. The van der Waals surface area contributed by atoms with E-state index in [9.17, 15) is 4.21 Å². The van der Waals surface area contributed by atoms with E-state index in [-0.39, 0.29) is 18.5 Å². The Hall–Kier alpha value is -2.72. The molecule has 0 fully saturated rings. The lowest BCUT2D eigenvalue weighted by molar-refractivity contribution is 0.0907. The highest BCUT2D eigenvalue weighted by Gasteiger charge is 2.25. The summed E-state index contributed by atoms with van der Waals surface area (Å²) in [6.07, 6.45) is 2.94. The lowest BCUT2D eigenvalue weighted by Crippen LogP contribution is -2.22. The third-order valence-electron chi connectivity index (χ3n) is 3.38. The summed E-state index contributed by atoms with van der Waals surface area (Å²) in [5.41, 5.74) is 2.92. The summed E-state index contributed by atoms with van der Waals surface area (Å²) in [6.45, 7) is 0.268. The molecular weight excluding hydrogens is 314 g/mol. The predicted molar refractivity (Wildman–Crippen MR) is 84.9 cm³/mol. The zero-order chi connectivity index (χ0) is 16.2. The van der Waals surface area contributed by atoms with Gasteiger partial charge < -0.3 is 9.47 Å². The lowest BCUT2D eigenvalue weighted by atomic mass is 10.1. The molecule has 23 heavy (non-hydrogen) atoms. The van der Waals surface area contributed by atoms with E-state index in [0.717, 1.165) is 16.7 Å². The summed E-state index contributed by atoms with van der Waals surface area (Å²) in [5, 5.41) is 16.1. The number of ether oxygens (including phenoxy) is 2. The standard InChI is InChI=1S/C16H13N3O3S/c17-5-12-2-1-3-14-16(12)21-8-15(22-14)13-4-11(6-19-7-13)9-23(20)10-18/h1-4,6-7,10,15,18H,8-9H2. The number of benzene rings is 1. The molecule has 1 aliphatic heterocycles. The van der Waals surface area contributed by atoms with E-state index < -0.39 is 10.8 Å². The maximum Gasteiger partial charge on any atom is 0.179 e. The van der Waals surface area contributed by atoms with Gasteiger partial charge in [0.15, 0.2) is 17.6 Å². The first-order valence-electron chi connectivity index (χ1n) is 6.85. The number of hydrogen-bond donors (Lipinski definition) is 1. The second kappa shape index (κ2) is 6.58. The van der Waals surface area contributed by atoms with Crippen molar-refractivity contribution in [2.24, 2.45) is 0 Å². The van der Waals surface area contributed by atoms with Crippen LogP contribution in [-0.2, 0) is 16.6 Å². The van der Waals surface area contributed by atoms with Gasteiger partial charge in [-0.2, -0.15) is 5.26 Å². The average molecular weight is 327 g/mol. The Morgan fingerprint density at radius 2 is 2.35 bits per heavy atom. The minimum Gasteiger partial charge on any atom is -0.484 e. The Bertz CT molecular complexity index is 816. The summed E-state index contributed by atoms with van der Waals surface area (Å²) < 4.78 is 23.0. The normalized spacial score (nSPS) is 17.1. The molecule has 6 nitrogen and oxygen atoms in total. The van der Waals surface area contributed by atoms with E-state index in [1.165, 1.54) is 0 Å². The van der Waals surface area contributed by atoms with E-state index in [1.54, 1.807) is 30.6 Å². The van der Waals surface area contributed by atoms with Gasteiger partial charge in [0.05, 0.1) is 27.7 Å². The molecule has 0 radical (unpaired) electrons. The smallest absolute Gasteiger partial charge is 0.179 e. The van der Waals surface area contributed by atoms with Crippen molar-refractivity contribution in [3.63, 3.8) is 0 Å². The van der Waals surface area contributed by atoms with Crippen LogP contribution < -0.4 is 9.47 Å². The number of pyridine rings is 1. The van der Waals surface area contributed by atoms with Gasteiger partial charge in [-0.05, 0) is 23.8 Å². The number of nitrogens with zero attached hydrogens (tertiary/aromatic N) is 2. The molecule has 0 saturated heterocycles. The van der Waals surface area contributed by atoms with Crippen LogP contribution in [0.5, 0.6) is 11.5 Å². The number of fused-ring (bicyclic) bond motifs is 1. The van der Waals surface area contributed by atoms with Gasteiger partial charge in [0.25, 0.3) is 0 Å². The summed E-state index contributed by atoms with van der Waals surface area (Å²) in [7, 11) is -1.34. The number of nitrogens with one attached hydrogen (secondary N) is 1. The Balaban J connectivity index is 1.84. The highest BCUT2D eigenvalue weighted by Crippen LogP contribution is 2.38. The highest BCUT2D eigenvalue weighted by atomic mass is 32.2. The number of aromatic nitrogens is 1. The van der Waals surface area contributed by atoms with E-state index in [0.29, 0.717) is 17.1 Å². The van der Waals surface area contributed by atoms with Crippen LogP contribution in [0.25, 0.3) is 0 Å². The fourth-order valence-corrected chi connectivity index (χ4v) is 2.89. The SMILES string of the molecule is N#Cc1cccc2c1OCC(c1cncc(CS(=O)C=N)c1)O2. The molecule has 3 rings (SSSR count). The van der Waals surface area contributed by atoms with Crippen LogP contribution in [0.2, 0.25) is 0 Å². The zero-order valence-corrected chi connectivity index (χ0v) is 12.9. The minimum absolute atomic E-state index is 0.243. The van der Waals surface area contributed by atoms with Crippen LogP contribution in [0.3, 0.4) is 0 Å². The molecule has 2 unspecified atom stereocenters. The van der Waals surface area contributed by atoms with E-state index >= 15 is 0 Å². The van der Waals surface area contributed by atoms with E-state index in [4.69, 9.17) is 20.1 Å². The molecule has 1 aromatic heterocycles. The number of nitriles is 1. The van der Waals surface area contributed by atoms with Crippen LogP contribution in [0.1, 0.15) is 22.8 Å². The van der Waals surface area contributed by atoms with Crippen molar-refractivity contribution in [3.8, 4) is 17.6 Å². The van der Waals surface area contributed by atoms with Gasteiger partial charge in [-0.25, -0.2) is 0 Å². The van der Waals surface area contributed by atoms with Crippen molar-refractivity contribution in [3.05, 3.63) is 53.3 Å². The molecule has 0 aliphatic carbocycles. The third-order valence-corrected chi connectivity index (χ3v) is 4.26. The van der Waals surface area contributed by atoms with Crippen LogP contribution in [0, 0.1) is 16.7 Å². The molecule has 0 spiro atoms. The first-order valence-corrected chi connectivity index (χ1v) is 8.23. The molecule has 1 aliphatic rings. The first kappa shape index (κ1) is 15.2. The van der Waals surface area contributed by atoms with Crippen molar-refractivity contribution < 1.29 is 13.7 Å². The fourth-order valence-electron chi connectivity index (χ4n) is 2.32. The van der Waals surface area contributed by atoms with Gasteiger partial charge in [0.2, 0.25) is 0 Å². The summed E-state index contributed by atoms with van der Waals surface area (Å²) >= 11 is 0. The first-order chi connectivity index (χ1) is 11.2. The van der Waals surface area contributed by atoms with Crippen molar-refractivity contribution in [1.29, 1.82) is 10.7 Å². The topological polar surface area (TPSA) is 96.1 Å². The van der Waals surface area contributed by atoms with Crippen LogP contribution in [0.15, 0.2) is 36.7 Å². The fraction of sp³-hybridized carbons (Fsp3) is 0.188. The van der Waals surface area contributed by atoms with Gasteiger partial charge in [-0.3, -0.25) is 14.6 Å². The van der Waals surface area contributed by atoms with Crippen molar-refractivity contribution in [2.75, 3.05) is 6.61 Å². The molecule has 1 aromatic carbocycles. The molecular formula is C16H13N3O3S. The van der Waals surface area contributed by atoms with Gasteiger partial charge in [-0.1, -0.05) is 6.07 Å². The van der Waals surface area contributed by atoms with E-state index in [1.807, 2.05) is 6.07 Å². The van der Waals surface area contributed by atoms with Gasteiger partial charge in [0, 0.05) is 18.0 Å². The van der Waals surface area contributed by atoms with Gasteiger partial charge in [-0.15, -0.1) is 0 Å². The molecule has 116 valence electrons. The van der Waals surface area contributed by atoms with Crippen molar-refractivity contribution in [1.82, 2.24) is 4.98 Å². The van der Waals surface area contributed by atoms with Crippen LogP contribution in [0.4, 0.5) is 0 Å². The second-order valence-corrected chi connectivity index (χ2v) is 6.22. The maximum atomic E-state index is 11.5.